The largest absolute Gasteiger partial charge is 0.508 e. The van der Waals surface area contributed by atoms with Gasteiger partial charge in [0.2, 0.25) is 5.95 Å². The average Bonchev–Trinajstić information content (AvgIpc) is 2.82. The van der Waals surface area contributed by atoms with Gasteiger partial charge in [-0.2, -0.15) is 0 Å². The summed E-state index contributed by atoms with van der Waals surface area (Å²) in [6.45, 7) is 6.54. The SMILES string of the molecule is CCCN1CCC(Nc2cccc(-c3ccnc(NCCc4ccc(O)cc4)n3)c2)CC1. The molecule has 0 radical (unpaired) electrons. The molecule has 6 nitrogen and oxygen atoms in total. The number of anilines is 2. The molecule has 1 saturated heterocycles. The van der Waals surface area contributed by atoms with E-state index in [2.05, 4.69) is 51.7 Å². The molecule has 2 heterocycles. The third-order valence-electron chi connectivity index (χ3n) is 5.95. The summed E-state index contributed by atoms with van der Waals surface area (Å²) in [6.07, 6.45) is 6.24. The lowest BCUT2D eigenvalue weighted by molar-refractivity contribution is 0.219. The Morgan fingerprint density at radius 3 is 2.66 bits per heavy atom. The molecule has 0 atom stereocenters. The van der Waals surface area contributed by atoms with E-state index in [4.69, 9.17) is 4.98 Å². The zero-order chi connectivity index (χ0) is 22.2. The molecule has 0 amide bonds. The van der Waals surface area contributed by atoms with E-state index in [0.717, 1.165) is 35.5 Å². The van der Waals surface area contributed by atoms with Gasteiger partial charge in [-0.25, -0.2) is 9.97 Å². The Labute approximate surface area is 190 Å². The number of phenols is 1. The normalized spacial score (nSPS) is 14.9. The highest BCUT2D eigenvalue weighted by atomic mass is 16.3. The zero-order valence-electron chi connectivity index (χ0n) is 18.8. The quantitative estimate of drug-likeness (QED) is 0.452. The molecule has 1 fully saturated rings. The van der Waals surface area contributed by atoms with Gasteiger partial charge in [-0.05, 0) is 68.1 Å². The molecule has 0 saturated carbocycles. The molecule has 1 aromatic heterocycles. The lowest BCUT2D eigenvalue weighted by Gasteiger charge is -2.32. The van der Waals surface area contributed by atoms with Crippen molar-refractivity contribution < 1.29 is 5.11 Å². The van der Waals surface area contributed by atoms with Crippen molar-refractivity contribution in [2.24, 2.45) is 0 Å². The fourth-order valence-electron chi connectivity index (χ4n) is 4.21. The zero-order valence-corrected chi connectivity index (χ0v) is 18.8. The van der Waals surface area contributed by atoms with Gasteiger partial charge in [0.1, 0.15) is 5.75 Å². The van der Waals surface area contributed by atoms with Crippen LogP contribution in [-0.4, -0.2) is 52.2 Å². The van der Waals surface area contributed by atoms with Crippen LogP contribution in [0.2, 0.25) is 0 Å². The van der Waals surface area contributed by atoms with Gasteiger partial charge in [0.05, 0.1) is 5.69 Å². The number of hydrogen-bond acceptors (Lipinski definition) is 6. The molecule has 6 heteroatoms. The molecule has 0 aliphatic carbocycles. The number of nitrogens with one attached hydrogen (secondary N) is 2. The van der Waals surface area contributed by atoms with Crippen LogP contribution < -0.4 is 10.6 Å². The molecule has 3 N–H and O–H groups in total. The van der Waals surface area contributed by atoms with Gasteiger partial charge in [-0.1, -0.05) is 31.2 Å². The van der Waals surface area contributed by atoms with Gasteiger partial charge in [0, 0.05) is 43.1 Å². The molecule has 1 aliphatic rings. The fourth-order valence-corrected chi connectivity index (χ4v) is 4.21. The third kappa shape index (κ3) is 6.20. The number of benzene rings is 2. The first-order valence-electron chi connectivity index (χ1n) is 11.6. The number of phenolic OH excluding ortho intramolecular Hbond substituents is 1. The molecular formula is C26H33N5O. The fraction of sp³-hybridized carbons (Fsp3) is 0.385. The monoisotopic (exact) mass is 431 g/mol. The summed E-state index contributed by atoms with van der Waals surface area (Å²) < 4.78 is 0. The van der Waals surface area contributed by atoms with Crippen LogP contribution in [0, 0.1) is 0 Å². The van der Waals surface area contributed by atoms with Crippen molar-refractivity contribution in [2.75, 3.05) is 36.8 Å². The number of likely N-dealkylation sites (tertiary alicyclic amines) is 1. The van der Waals surface area contributed by atoms with E-state index >= 15 is 0 Å². The van der Waals surface area contributed by atoms with E-state index < -0.39 is 0 Å². The topological polar surface area (TPSA) is 73.3 Å². The molecule has 0 spiro atoms. The molecule has 2 aromatic carbocycles. The second-order valence-corrected chi connectivity index (χ2v) is 8.45. The van der Waals surface area contributed by atoms with Crippen molar-refractivity contribution in [1.29, 1.82) is 0 Å². The summed E-state index contributed by atoms with van der Waals surface area (Å²) in [6, 6.07) is 18.3. The molecule has 3 aromatic rings. The summed E-state index contributed by atoms with van der Waals surface area (Å²) in [5.41, 5.74) is 4.30. The Bertz CT molecular complexity index is 984. The lowest BCUT2D eigenvalue weighted by Crippen LogP contribution is -2.39. The Morgan fingerprint density at radius 1 is 1.06 bits per heavy atom. The summed E-state index contributed by atoms with van der Waals surface area (Å²) in [5, 5.41) is 16.4. The predicted octanol–water partition coefficient (Wildman–Crippen LogP) is 4.79. The van der Waals surface area contributed by atoms with Crippen LogP contribution in [-0.2, 0) is 6.42 Å². The van der Waals surface area contributed by atoms with Crippen LogP contribution >= 0.6 is 0 Å². The lowest BCUT2D eigenvalue weighted by atomic mass is 10.0. The standard InChI is InChI=1S/C26H33N5O/c1-2-16-31-17-12-22(13-18-31)29-23-5-3-4-21(19-23)25-11-15-28-26(30-25)27-14-10-20-6-8-24(32)9-7-20/h3-9,11,15,19,22,29,32H,2,10,12-14,16-18H2,1H3,(H,27,28,30). The molecule has 1 aliphatic heterocycles. The molecule has 0 bridgehead atoms. The van der Waals surface area contributed by atoms with Gasteiger partial charge in [0.25, 0.3) is 0 Å². The van der Waals surface area contributed by atoms with E-state index in [-0.39, 0.29) is 5.75 Å². The van der Waals surface area contributed by atoms with Crippen molar-refractivity contribution in [2.45, 2.75) is 38.6 Å². The first-order valence-corrected chi connectivity index (χ1v) is 11.6. The van der Waals surface area contributed by atoms with Crippen LogP contribution in [0.1, 0.15) is 31.7 Å². The predicted molar refractivity (Wildman–Crippen MR) is 131 cm³/mol. The van der Waals surface area contributed by atoms with Crippen LogP contribution in [0.3, 0.4) is 0 Å². The second-order valence-electron chi connectivity index (χ2n) is 8.45. The van der Waals surface area contributed by atoms with Gasteiger partial charge in [-0.3, -0.25) is 0 Å². The van der Waals surface area contributed by atoms with Gasteiger partial charge >= 0.3 is 0 Å². The van der Waals surface area contributed by atoms with Gasteiger partial charge < -0.3 is 20.6 Å². The van der Waals surface area contributed by atoms with Crippen LogP contribution in [0.25, 0.3) is 11.3 Å². The first-order chi connectivity index (χ1) is 15.7. The minimum absolute atomic E-state index is 0.288. The van der Waals surface area contributed by atoms with Gasteiger partial charge in [-0.15, -0.1) is 0 Å². The smallest absolute Gasteiger partial charge is 0.223 e. The highest BCUT2D eigenvalue weighted by molar-refractivity contribution is 5.65. The number of aromatic nitrogens is 2. The van der Waals surface area contributed by atoms with Gasteiger partial charge in [0.15, 0.2) is 0 Å². The number of hydrogen-bond donors (Lipinski definition) is 3. The maximum atomic E-state index is 9.40. The second kappa shape index (κ2) is 11.0. The molecule has 4 rings (SSSR count). The number of aromatic hydroxyl groups is 1. The van der Waals surface area contributed by atoms with E-state index in [1.165, 1.54) is 38.9 Å². The number of rotatable bonds is 9. The first kappa shape index (κ1) is 22.1. The van der Waals surface area contributed by atoms with Crippen molar-refractivity contribution >= 4 is 11.6 Å². The summed E-state index contributed by atoms with van der Waals surface area (Å²) in [5.74, 6) is 0.916. The minimum Gasteiger partial charge on any atom is -0.508 e. The Morgan fingerprint density at radius 2 is 1.88 bits per heavy atom. The van der Waals surface area contributed by atoms with E-state index in [1.54, 1.807) is 18.3 Å². The van der Waals surface area contributed by atoms with Crippen LogP contribution in [0.4, 0.5) is 11.6 Å². The number of piperidine rings is 1. The van der Waals surface area contributed by atoms with E-state index in [1.807, 2.05) is 18.2 Å². The van der Waals surface area contributed by atoms with Crippen molar-refractivity contribution in [1.82, 2.24) is 14.9 Å². The minimum atomic E-state index is 0.288. The maximum Gasteiger partial charge on any atom is 0.223 e. The van der Waals surface area contributed by atoms with Crippen LogP contribution in [0.15, 0.2) is 60.8 Å². The van der Waals surface area contributed by atoms with Crippen molar-refractivity contribution in [3.63, 3.8) is 0 Å². The highest BCUT2D eigenvalue weighted by Crippen LogP contribution is 2.24. The van der Waals surface area contributed by atoms with Crippen LogP contribution in [0.5, 0.6) is 5.75 Å². The third-order valence-corrected chi connectivity index (χ3v) is 5.95. The Kier molecular flexibility index (Phi) is 7.56. The van der Waals surface area contributed by atoms with E-state index in [9.17, 15) is 5.11 Å². The summed E-state index contributed by atoms with van der Waals surface area (Å²) >= 11 is 0. The average molecular weight is 432 g/mol. The molecular weight excluding hydrogens is 398 g/mol. The summed E-state index contributed by atoms with van der Waals surface area (Å²) in [7, 11) is 0. The van der Waals surface area contributed by atoms with Crippen molar-refractivity contribution in [3.8, 4) is 17.0 Å². The summed E-state index contributed by atoms with van der Waals surface area (Å²) in [4.78, 5) is 11.6. The maximum absolute atomic E-state index is 9.40. The molecule has 32 heavy (non-hydrogen) atoms. The molecule has 0 unspecified atom stereocenters. The highest BCUT2D eigenvalue weighted by Gasteiger charge is 2.18. The van der Waals surface area contributed by atoms with Crippen molar-refractivity contribution in [3.05, 3.63) is 66.4 Å². The van der Waals surface area contributed by atoms with E-state index in [0.29, 0.717) is 12.0 Å². The Balaban J connectivity index is 1.34. The molecule has 168 valence electrons. The Hall–Kier alpha value is -3.12. The number of nitrogens with zero attached hydrogens (tertiary/aromatic N) is 3.